The van der Waals surface area contributed by atoms with Gasteiger partial charge in [0.25, 0.3) is 0 Å². The summed E-state index contributed by atoms with van der Waals surface area (Å²) in [5, 5.41) is 5.17. The van der Waals surface area contributed by atoms with E-state index in [9.17, 15) is 0 Å². The normalized spacial score (nSPS) is 10.4. The van der Waals surface area contributed by atoms with Crippen LogP contribution < -0.4 is 5.32 Å². The van der Waals surface area contributed by atoms with Gasteiger partial charge < -0.3 is 5.32 Å². The van der Waals surface area contributed by atoms with Crippen molar-refractivity contribution in [2.45, 2.75) is 0 Å². The van der Waals surface area contributed by atoms with E-state index in [0.29, 0.717) is 25.8 Å². The molecule has 88 valence electrons. The minimum atomic E-state index is 0.472. The van der Waals surface area contributed by atoms with Crippen molar-refractivity contribution in [3.05, 3.63) is 56.5 Å². The van der Waals surface area contributed by atoms with Gasteiger partial charge in [-0.3, -0.25) is 0 Å². The Hall–Kier alpha value is -0.600. The molecule has 0 fully saturated rings. The Balaban J connectivity index is 2.35. The van der Waals surface area contributed by atoms with Crippen molar-refractivity contribution in [2.24, 2.45) is 0 Å². The zero-order valence-corrected chi connectivity index (χ0v) is 11.5. The van der Waals surface area contributed by atoms with Gasteiger partial charge in [-0.2, -0.15) is 0 Å². The van der Waals surface area contributed by atoms with Crippen LogP contribution in [0.3, 0.4) is 0 Å². The van der Waals surface area contributed by atoms with Crippen LogP contribution in [0.15, 0.2) is 36.4 Å². The van der Waals surface area contributed by atoms with Crippen molar-refractivity contribution < 1.29 is 0 Å². The fraction of sp³-hybridized carbons (Fsp3) is 0. The fourth-order valence-corrected chi connectivity index (χ4v) is 2.13. The van der Waals surface area contributed by atoms with E-state index in [1.54, 1.807) is 36.4 Å². The van der Waals surface area contributed by atoms with Gasteiger partial charge in [-0.25, -0.2) is 0 Å². The Morgan fingerprint density at radius 3 is 1.94 bits per heavy atom. The van der Waals surface area contributed by atoms with Gasteiger partial charge in [0.1, 0.15) is 0 Å². The molecule has 0 aromatic heterocycles. The quantitative estimate of drug-likeness (QED) is 0.712. The molecule has 0 heterocycles. The monoisotopic (exact) mass is 305 g/mol. The molecular weight excluding hydrogens is 300 g/mol. The van der Waals surface area contributed by atoms with E-state index in [1.165, 1.54) is 0 Å². The maximum Gasteiger partial charge on any atom is 0.0762 e. The van der Waals surface area contributed by atoms with E-state index >= 15 is 0 Å². The predicted octanol–water partition coefficient (Wildman–Crippen LogP) is 6.04. The molecule has 0 aliphatic heterocycles. The molecule has 17 heavy (non-hydrogen) atoms. The Labute approximate surface area is 119 Å². The topological polar surface area (TPSA) is 12.0 Å². The summed E-state index contributed by atoms with van der Waals surface area (Å²) in [6.07, 6.45) is 0. The molecule has 0 unspecified atom stereocenters. The number of nitrogens with one attached hydrogen (secondary N) is 1. The maximum absolute atomic E-state index is 6.04. The van der Waals surface area contributed by atoms with Crippen molar-refractivity contribution in [3.8, 4) is 0 Å². The highest BCUT2D eigenvalue weighted by atomic mass is 35.5. The molecule has 2 aromatic rings. The van der Waals surface area contributed by atoms with E-state index in [1.807, 2.05) is 0 Å². The van der Waals surface area contributed by atoms with Crippen LogP contribution in [0.4, 0.5) is 11.4 Å². The van der Waals surface area contributed by atoms with Gasteiger partial charge in [0, 0.05) is 5.69 Å². The second kappa shape index (κ2) is 5.36. The summed E-state index contributed by atoms with van der Waals surface area (Å²) >= 11 is 23.8. The first kappa shape index (κ1) is 12.8. The highest BCUT2D eigenvalue weighted by molar-refractivity contribution is 6.42. The van der Waals surface area contributed by atoms with Crippen molar-refractivity contribution in [3.63, 3.8) is 0 Å². The lowest BCUT2D eigenvalue weighted by atomic mass is 10.2. The van der Waals surface area contributed by atoms with Gasteiger partial charge in [-0.1, -0.05) is 52.5 Å². The summed E-state index contributed by atoms with van der Waals surface area (Å²) in [5.41, 5.74) is 1.42. The molecule has 0 aliphatic rings. The third-order valence-corrected chi connectivity index (χ3v) is 3.52. The largest absolute Gasteiger partial charge is 0.353 e. The van der Waals surface area contributed by atoms with E-state index in [4.69, 9.17) is 46.4 Å². The Kier molecular flexibility index (Phi) is 4.05. The number of para-hydroxylation sites is 1. The number of halogens is 4. The first-order valence-corrected chi connectivity index (χ1v) is 6.25. The first-order chi connectivity index (χ1) is 8.08. The van der Waals surface area contributed by atoms with Crippen LogP contribution in [0.2, 0.25) is 20.1 Å². The molecule has 2 aromatic carbocycles. The van der Waals surface area contributed by atoms with Gasteiger partial charge in [-0.15, -0.1) is 0 Å². The van der Waals surface area contributed by atoms with Crippen LogP contribution in [0.25, 0.3) is 0 Å². The van der Waals surface area contributed by atoms with Crippen molar-refractivity contribution in [1.29, 1.82) is 0 Å². The molecule has 0 saturated heterocycles. The van der Waals surface area contributed by atoms with Crippen LogP contribution in [0.1, 0.15) is 0 Å². The number of rotatable bonds is 2. The zero-order chi connectivity index (χ0) is 12.4. The van der Waals surface area contributed by atoms with E-state index in [2.05, 4.69) is 5.32 Å². The SMILES string of the molecule is Clc1ccc(Nc2c(Cl)cccc2Cl)cc1Cl. The third kappa shape index (κ3) is 2.99. The molecule has 1 N–H and O–H groups in total. The summed E-state index contributed by atoms with van der Waals surface area (Å²) < 4.78 is 0. The van der Waals surface area contributed by atoms with Gasteiger partial charge >= 0.3 is 0 Å². The third-order valence-electron chi connectivity index (χ3n) is 2.15. The average molecular weight is 307 g/mol. The zero-order valence-electron chi connectivity index (χ0n) is 8.48. The van der Waals surface area contributed by atoms with Gasteiger partial charge in [0.15, 0.2) is 0 Å². The lowest BCUT2D eigenvalue weighted by Gasteiger charge is -2.10. The first-order valence-electron chi connectivity index (χ1n) is 4.74. The predicted molar refractivity (Wildman–Crippen MR) is 76.2 cm³/mol. The van der Waals surface area contributed by atoms with E-state index in [-0.39, 0.29) is 0 Å². The van der Waals surface area contributed by atoms with Gasteiger partial charge in [-0.05, 0) is 30.3 Å². The molecule has 0 amide bonds. The lowest BCUT2D eigenvalue weighted by molar-refractivity contribution is 1.55. The smallest absolute Gasteiger partial charge is 0.0762 e. The van der Waals surface area contributed by atoms with E-state index in [0.717, 1.165) is 5.69 Å². The molecule has 2 rings (SSSR count). The number of benzene rings is 2. The number of hydrogen-bond donors (Lipinski definition) is 1. The second-order valence-corrected chi connectivity index (χ2v) is 4.98. The second-order valence-electron chi connectivity index (χ2n) is 3.35. The summed E-state index contributed by atoms with van der Waals surface area (Å²) in [6, 6.07) is 10.5. The van der Waals surface area contributed by atoms with E-state index < -0.39 is 0 Å². The van der Waals surface area contributed by atoms with Crippen molar-refractivity contribution in [1.82, 2.24) is 0 Å². The summed E-state index contributed by atoms with van der Waals surface area (Å²) in [7, 11) is 0. The van der Waals surface area contributed by atoms with Crippen molar-refractivity contribution in [2.75, 3.05) is 5.32 Å². The summed E-state index contributed by atoms with van der Waals surface area (Å²) in [4.78, 5) is 0. The Bertz CT molecular complexity index is 534. The lowest BCUT2D eigenvalue weighted by Crippen LogP contribution is -1.92. The highest BCUT2D eigenvalue weighted by Gasteiger charge is 2.06. The molecule has 0 radical (unpaired) electrons. The van der Waals surface area contributed by atoms with Crippen molar-refractivity contribution >= 4 is 57.8 Å². The fourth-order valence-electron chi connectivity index (χ4n) is 1.34. The molecule has 0 aliphatic carbocycles. The minimum absolute atomic E-state index is 0.472. The Morgan fingerprint density at radius 2 is 1.35 bits per heavy atom. The van der Waals surface area contributed by atoms with Gasteiger partial charge in [0.2, 0.25) is 0 Å². The molecular formula is C12H7Cl4N. The molecule has 0 spiro atoms. The maximum atomic E-state index is 6.04. The van der Waals surface area contributed by atoms with Crippen LogP contribution in [-0.2, 0) is 0 Å². The summed E-state index contributed by atoms with van der Waals surface area (Å²) in [6.45, 7) is 0. The number of hydrogen-bond acceptors (Lipinski definition) is 1. The van der Waals surface area contributed by atoms with Crippen LogP contribution >= 0.6 is 46.4 Å². The molecule has 1 nitrogen and oxygen atoms in total. The van der Waals surface area contributed by atoms with Crippen LogP contribution in [-0.4, -0.2) is 0 Å². The molecule has 0 saturated carbocycles. The minimum Gasteiger partial charge on any atom is -0.353 e. The molecule has 0 atom stereocenters. The average Bonchev–Trinajstić information content (AvgIpc) is 2.28. The summed E-state index contributed by atoms with van der Waals surface area (Å²) in [5.74, 6) is 0. The standard InChI is InChI=1S/C12H7Cl4N/c13-8-5-4-7(6-11(8)16)17-12-9(14)2-1-3-10(12)15/h1-6,17H. The number of anilines is 2. The van der Waals surface area contributed by atoms with Crippen LogP contribution in [0.5, 0.6) is 0 Å². The highest BCUT2D eigenvalue weighted by Crippen LogP contribution is 2.34. The molecule has 5 heteroatoms. The van der Waals surface area contributed by atoms with Crippen LogP contribution in [0, 0.1) is 0 Å². The Morgan fingerprint density at radius 1 is 0.706 bits per heavy atom. The van der Waals surface area contributed by atoms with Gasteiger partial charge in [0.05, 0.1) is 25.8 Å². The molecule has 0 bridgehead atoms.